The average molecular weight is 272 g/mol. The Balaban J connectivity index is 2.29. The smallest absolute Gasteiger partial charge is 0.368 e. The Hall–Kier alpha value is -1.56. The van der Waals surface area contributed by atoms with Crippen LogP contribution in [0.4, 0.5) is 13.2 Å². The molecule has 0 heterocycles. The molecule has 1 fully saturated rings. The number of nitrogens with one attached hydrogen (secondary N) is 1. The van der Waals surface area contributed by atoms with Crippen LogP contribution in [0, 0.1) is 0 Å². The number of rotatable bonds is 4. The molecule has 1 saturated carbocycles. The number of hydrogen-bond acceptors (Lipinski definition) is 2. The summed E-state index contributed by atoms with van der Waals surface area (Å²) < 4.78 is 37.5. The molecule has 0 aliphatic heterocycles. The van der Waals surface area contributed by atoms with E-state index in [0.29, 0.717) is 5.56 Å². The first-order chi connectivity index (χ1) is 8.73. The lowest BCUT2D eigenvalue weighted by Crippen LogP contribution is -2.51. The maximum Gasteiger partial charge on any atom is 0.416 e. The molecule has 0 spiro atoms. The Bertz CT molecular complexity index is 480. The number of halogens is 3. The van der Waals surface area contributed by atoms with Crippen LogP contribution in [0.1, 0.15) is 30.9 Å². The summed E-state index contributed by atoms with van der Waals surface area (Å²) in [5, 5.41) is 3.09. The van der Waals surface area contributed by atoms with Crippen LogP contribution in [-0.2, 0) is 16.5 Å². The number of benzene rings is 1. The van der Waals surface area contributed by atoms with Crippen molar-refractivity contribution < 1.29 is 18.0 Å². The van der Waals surface area contributed by atoms with E-state index in [4.69, 9.17) is 5.73 Å². The van der Waals surface area contributed by atoms with Crippen LogP contribution in [0.3, 0.4) is 0 Å². The SMILES string of the molecule is CC(NC1CC1)(C(N)=O)c1ccc(C(F)(F)F)cc1. The highest BCUT2D eigenvalue weighted by Gasteiger charge is 2.39. The molecule has 19 heavy (non-hydrogen) atoms. The van der Waals surface area contributed by atoms with Crippen LogP contribution in [0.25, 0.3) is 0 Å². The summed E-state index contributed by atoms with van der Waals surface area (Å²) in [7, 11) is 0. The van der Waals surface area contributed by atoms with Crippen molar-refractivity contribution in [2.24, 2.45) is 5.73 Å². The Labute approximate surface area is 109 Å². The maximum atomic E-state index is 12.5. The van der Waals surface area contributed by atoms with Gasteiger partial charge in [0.15, 0.2) is 0 Å². The topological polar surface area (TPSA) is 55.1 Å². The largest absolute Gasteiger partial charge is 0.416 e. The van der Waals surface area contributed by atoms with E-state index in [0.717, 1.165) is 25.0 Å². The summed E-state index contributed by atoms with van der Waals surface area (Å²) in [6, 6.07) is 4.72. The number of hydrogen-bond donors (Lipinski definition) is 2. The van der Waals surface area contributed by atoms with Gasteiger partial charge in [0, 0.05) is 6.04 Å². The number of amides is 1. The zero-order chi connectivity index (χ0) is 14.3. The first-order valence-electron chi connectivity index (χ1n) is 5.99. The maximum absolute atomic E-state index is 12.5. The molecular weight excluding hydrogens is 257 g/mol. The Morgan fingerprint density at radius 3 is 2.05 bits per heavy atom. The van der Waals surface area contributed by atoms with Gasteiger partial charge < -0.3 is 5.73 Å². The van der Waals surface area contributed by atoms with Gasteiger partial charge in [-0.2, -0.15) is 13.2 Å². The lowest BCUT2D eigenvalue weighted by molar-refractivity contribution is -0.137. The third kappa shape index (κ3) is 2.89. The first-order valence-corrected chi connectivity index (χ1v) is 5.99. The summed E-state index contributed by atoms with van der Waals surface area (Å²) >= 11 is 0. The molecule has 1 aromatic rings. The molecule has 3 nitrogen and oxygen atoms in total. The van der Waals surface area contributed by atoms with Crippen LogP contribution >= 0.6 is 0 Å². The van der Waals surface area contributed by atoms with E-state index >= 15 is 0 Å². The zero-order valence-corrected chi connectivity index (χ0v) is 10.4. The molecule has 1 aliphatic rings. The van der Waals surface area contributed by atoms with E-state index in [9.17, 15) is 18.0 Å². The van der Waals surface area contributed by atoms with E-state index < -0.39 is 23.2 Å². The molecule has 1 aliphatic carbocycles. The van der Waals surface area contributed by atoms with Gasteiger partial charge in [-0.3, -0.25) is 10.1 Å². The highest BCUT2D eigenvalue weighted by Crippen LogP contribution is 2.32. The molecule has 1 unspecified atom stereocenters. The van der Waals surface area contributed by atoms with Crippen LogP contribution in [0.5, 0.6) is 0 Å². The minimum absolute atomic E-state index is 0.208. The van der Waals surface area contributed by atoms with Crippen LogP contribution in [0.2, 0.25) is 0 Å². The molecule has 0 saturated heterocycles. The van der Waals surface area contributed by atoms with Gasteiger partial charge in [0.2, 0.25) is 5.91 Å². The number of alkyl halides is 3. The van der Waals surface area contributed by atoms with E-state index in [2.05, 4.69) is 5.32 Å². The van der Waals surface area contributed by atoms with E-state index in [1.165, 1.54) is 12.1 Å². The van der Waals surface area contributed by atoms with Gasteiger partial charge in [-0.05, 0) is 37.5 Å². The summed E-state index contributed by atoms with van der Waals surface area (Å²) in [4.78, 5) is 11.6. The lowest BCUT2D eigenvalue weighted by atomic mass is 9.90. The average Bonchev–Trinajstić information content (AvgIpc) is 3.11. The molecule has 1 amide bonds. The van der Waals surface area contributed by atoms with E-state index in [1.54, 1.807) is 6.92 Å². The highest BCUT2D eigenvalue weighted by molar-refractivity contribution is 5.85. The normalized spacial score (nSPS) is 18.9. The fraction of sp³-hybridized carbons (Fsp3) is 0.462. The molecule has 104 valence electrons. The van der Waals surface area contributed by atoms with Gasteiger partial charge in [0.1, 0.15) is 5.54 Å². The second kappa shape index (κ2) is 4.52. The predicted molar refractivity (Wildman–Crippen MR) is 64.1 cm³/mol. The van der Waals surface area contributed by atoms with Crippen molar-refractivity contribution in [1.82, 2.24) is 5.32 Å². The Morgan fingerprint density at radius 2 is 1.68 bits per heavy atom. The quantitative estimate of drug-likeness (QED) is 0.882. The molecule has 0 aromatic heterocycles. The number of primary amides is 1. The summed E-state index contributed by atoms with van der Waals surface area (Å²) in [5.74, 6) is -0.598. The highest BCUT2D eigenvalue weighted by atomic mass is 19.4. The molecule has 1 aromatic carbocycles. The molecule has 0 bridgehead atoms. The summed E-state index contributed by atoms with van der Waals surface area (Å²) in [6.07, 6.45) is -2.49. The number of nitrogens with two attached hydrogens (primary N) is 1. The van der Waals surface area contributed by atoms with Gasteiger partial charge in [0.05, 0.1) is 5.56 Å². The Morgan fingerprint density at radius 1 is 1.21 bits per heavy atom. The zero-order valence-electron chi connectivity index (χ0n) is 10.4. The minimum Gasteiger partial charge on any atom is -0.368 e. The lowest BCUT2D eigenvalue weighted by Gasteiger charge is -2.28. The first kappa shape index (κ1) is 13.9. The van der Waals surface area contributed by atoms with Crippen LogP contribution in [-0.4, -0.2) is 11.9 Å². The van der Waals surface area contributed by atoms with Crippen molar-refractivity contribution in [3.8, 4) is 0 Å². The molecular formula is C13H15F3N2O. The third-order valence-electron chi connectivity index (χ3n) is 3.35. The van der Waals surface area contributed by atoms with Gasteiger partial charge in [-0.15, -0.1) is 0 Å². The number of carbonyl (C=O) groups excluding carboxylic acids is 1. The fourth-order valence-corrected chi connectivity index (χ4v) is 1.93. The second-order valence-corrected chi connectivity index (χ2v) is 4.98. The molecule has 6 heteroatoms. The molecule has 0 radical (unpaired) electrons. The van der Waals surface area contributed by atoms with Crippen molar-refractivity contribution in [3.05, 3.63) is 35.4 Å². The molecule has 2 rings (SSSR count). The summed E-state index contributed by atoms with van der Waals surface area (Å²) in [6.45, 7) is 1.59. The number of carbonyl (C=O) groups is 1. The van der Waals surface area contributed by atoms with Crippen molar-refractivity contribution in [3.63, 3.8) is 0 Å². The summed E-state index contributed by atoms with van der Waals surface area (Å²) in [5.41, 5.74) is 3.95. The monoisotopic (exact) mass is 272 g/mol. The van der Waals surface area contributed by atoms with Gasteiger partial charge in [-0.25, -0.2) is 0 Å². The third-order valence-corrected chi connectivity index (χ3v) is 3.35. The van der Waals surface area contributed by atoms with Crippen molar-refractivity contribution in [2.45, 2.75) is 37.5 Å². The van der Waals surface area contributed by atoms with Gasteiger partial charge in [-0.1, -0.05) is 12.1 Å². The van der Waals surface area contributed by atoms with Gasteiger partial charge >= 0.3 is 6.18 Å². The van der Waals surface area contributed by atoms with Crippen molar-refractivity contribution >= 4 is 5.91 Å². The molecule has 3 N–H and O–H groups in total. The molecule has 1 atom stereocenters. The predicted octanol–water partition coefficient (Wildman–Crippen LogP) is 2.16. The fourth-order valence-electron chi connectivity index (χ4n) is 1.93. The second-order valence-electron chi connectivity index (χ2n) is 4.98. The van der Waals surface area contributed by atoms with Crippen LogP contribution in [0.15, 0.2) is 24.3 Å². The van der Waals surface area contributed by atoms with Gasteiger partial charge in [0.25, 0.3) is 0 Å². The van der Waals surface area contributed by atoms with Crippen molar-refractivity contribution in [1.29, 1.82) is 0 Å². The van der Waals surface area contributed by atoms with Crippen LogP contribution < -0.4 is 11.1 Å². The minimum atomic E-state index is -4.38. The standard InChI is InChI=1S/C13H15F3N2O/c1-12(11(17)19,18-10-6-7-10)8-2-4-9(5-3-8)13(14,15)16/h2-5,10,18H,6-7H2,1H3,(H2,17,19). The van der Waals surface area contributed by atoms with E-state index in [1.807, 2.05) is 0 Å². The van der Waals surface area contributed by atoms with E-state index in [-0.39, 0.29) is 6.04 Å². The van der Waals surface area contributed by atoms with Crippen molar-refractivity contribution in [2.75, 3.05) is 0 Å². The Kier molecular flexibility index (Phi) is 3.30.